The zero-order valence-electron chi connectivity index (χ0n) is 14.7. The van der Waals surface area contributed by atoms with Gasteiger partial charge in [0.15, 0.2) is 0 Å². The molecule has 2 unspecified atom stereocenters. The highest BCUT2D eigenvalue weighted by atomic mass is 79.9. The number of nitrogens with zero attached hydrogens (tertiary/aromatic N) is 2. The van der Waals surface area contributed by atoms with E-state index in [9.17, 15) is 4.91 Å². The van der Waals surface area contributed by atoms with E-state index in [1.807, 2.05) is 30.3 Å². The van der Waals surface area contributed by atoms with E-state index in [0.717, 1.165) is 10.0 Å². The molecule has 0 aliphatic heterocycles. The van der Waals surface area contributed by atoms with Crippen LogP contribution < -0.4 is 0 Å². The minimum atomic E-state index is -0.286. The third kappa shape index (κ3) is 4.64. The fourth-order valence-electron chi connectivity index (χ4n) is 3.34. The van der Waals surface area contributed by atoms with Crippen LogP contribution in [0, 0.1) is 11.8 Å². The summed E-state index contributed by atoms with van der Waals surface area (Å²) < 4.78 is 1.05. The van der Waals surface area contributed by atoms with Crippen LogP contribution in [0.4, 0.5) is 0 Å². The Hall–Kier alpha value is -2.33. The van der Waals surface area contributed by atoms with Crippen LogP contribution in [-0.4, -0.2) is 11.0 Å². The van der Waals surface area contributed by atoms with Gasteiger partial charge in [-0.25, -0.2) is 0 Å². The molecule has 0 aliphatic rings. The second-order valence-electron chi connectivity index (χ2n) is 6.52. The predicted octanol–water partition coefficient (Wildman–Crippen LogP) is 6.05. The minimum Gasteiger partial charge on any atom is -0.265 e. The van der Waals surface area contributed by atoms with Crippen molar-refractivity contribution in [2.24, 2.45) is 5.18 Å². The molecule has 0 spiro atoms. The van der Waals surface area contributed by atoms with E-state index in [4.69, 9.17) is 0 Å². The summed E-state index contributed by atoms with van der Waals surface area (Å²) in [6, 6.07) is 20.3. The van der Waals surface area contributed by atoms with Crippen molar-refractivity contribution in [1.82, 2.24) is 4.98 Å². The molecule has 1 heterocycles. The number of hydrogen-bond donors (Lipinski definition) is 0. The summed E-state index contributed by atoms with van der Waals surface area (Å²) in [5.74, 6) is 0.133. The van der Waals surface area contributed by atoms with Gasteiger partial charge in [-0.1, -0.05) is 57.5 Å². The van der Waals surface area contributed by atoms with Crippen molar-refractivity contribution < 1.29 is 0 Å². The first-order valence-corrected chi connectivity index (χ1v) is 9.49. The number of nitroso groups, excluding NO2 is 1. The molecule has 3 rings (SSSR count). The lowest BCUT2D eigenvalue weighted by Crippen LogP contribution is -2.15. The number of pyridine rings is 1. The van der Waals surface area contributed by atoms with E-state index in [2.05, 4.69) is 63.3 Å². The maximum Gasteiger partial charge on any atom is 0.0968 e. The van der Waals surface area contributed by atoms with E-state index in [0.29, 0.717) is 12.8 Å². The fourth-order valence-corrected chi connectivity index (χ4v) is 3.61. The third-order valence-electron chi connectivity index (χ3n) is 4.71. The predicted molar refractivity (Wildman–Crippen MR) is 109 cm³/mol. The van der Waals surface area contributed by atoms with Gasteiger partial charge in [-0.2, -0.15) is 4.91 Å². The molecule has 0 amide bonds. The molecular weight excluding hydrogens is 388 g/mol. The van der Waals surface area contributed by atoms with Crippen LogP contribution in [0.3, 0.4) is 0 Å². The molecule has 1 aromatic heterocycles. The lowest BCUT2D eigenvalue weighted by atomic mass is 9.83. The van der Waals surface area contributed by atoms with Crippen LogP contribution in [0.25, 0.3) is 0 Å². The van der Waals surface area contributed by atoms with Gasteiger partial charge in [0.2, 0.25) is 0 Å². The van der Waals surface area contributed by atoms with Crippen LogP contribution >= 0.6 is 15.9 Å². The van der Waals surface area contributed by atoms with Crippen LogP contribution in [0.1, 0.15) is 34.6 Å². The Labute approximate surface area is 162 Å². The zero-order chi connectivity index (χ0) is 18.4. The van der Waals surface area contributed by atoms with E-state index < -0.39 is 0 Å². The first-order valence-electron chi connectivity index (χ1n) is 8.69. The summed E-state index contributed by atoms with van der Waals surface area (Å²) in [6.07, 6.45) is 4.82. The molecule has 0 fully saturated rings. The average Bonchev–Trinajstić information content (AvgIpc) is 2.67. The summed E-state index contributed by atoms with van der Waals surface area (Å²) in [5.41, 5.74) is 4.77. The molecule has 2 aromatic carbocycles. The van der Waals surface area contributed by atoms with Gasteiger partial charge in [0.1, 0.15) is 0 Å². The minimum absolute atomic E-state index is 0.133. The SMILES string of the molecule is Cc1ccccc1C(CC(Cc1ccncc1)N=O)c1ccc(Br)cc1. The molecule has 3 aromatic rings. The highest BCUT2D eigenvalue weighted by molar-refractivity contribution is 9.10. The smallest absolute Gasteiger partial charge is 0.0968 e. The number of halogens is 1. The molecule has 3 nitrogen and oxygen atoms in total. The maximum absolute atomic E-state index is 11.6. The second-order valence-corrected chi connectivity index (χ2v) is 7.43. The second kappa shape index (κ2) is 8.86. The average molecular weight is 409 g/mol. The molecule has 26 heavy (non-hydrogen) atoms. The van der Waals surface area contributed by atoms with E-state index in [-0.39, 0.29) is 12.0 Å². The van der Waals surface area contributed by atoms with Crippen LogP contribution in [0.2, 0.25) is 0 Å². The van der Waals surface area contributed by atoms with Gasteiger partial charge < -0.3 is 0 Å². The highest BCUT2D eigenvalue weighted by Crippen LogP contribution is 2.33. The summed E-state index contributed by atoms with van der Waals surface area (Å²) in [7, 11) is 0. The fraction of sp³-hybridized carbons (Fsp3) is 0.227. The molecule has 2 atom stereocenters. The zero-order valence-corrected chi connectivity index (χ0v) is 16.3. The molecule has 0 N–H and O–H groups in total. The molecule has 132 valence electrons. The molecular formula is C22H21BrN2O. The monoisotopic (exact) mass is 408 g/mol. The van der Waals surface area contributed by atoms with Gasteiger partial charge in [0, 0.05) is 22.8 Å². The standard InChI is InChI=1S/C22H21BrN2O/c1-16-4-2-3-5-21(16)22(18-6-8-19(23)9-7-18)15-20(25-26)14-17-10-12-24-13-11-17/h2-13,20,22H,14-15H2,1H3. The topological polar surface area (TPSA) is 42.3 Å². The summed E-state index contributed by atoms with van der Waals surface area (Å²) in [5, 5.41) is 3.44. The summed E-state index contributed by atoms with van der Waals surface area (Å²) in [4.78, 5) is 15.6. The van der Waals surface area contributed by atoms with Crippen molar-refractivity contribution in [2.45, 2.75) is 31.7 Å². The van der Waals surface area contributed by atoms with Crippen molar-refractivity contribution in [3.05, 3.63) is 105 Å². The van der Waals surface area contributed by atoms with Crippen molar-refractivity contribution in [3.8, 4) is 0 Å². The van der Waals surface area contributed by atoms with Crippen molar-refractivity contribution in [1.29, 1.82) is 0 Å². The van der Waals surface area contributed by atoms with E-state index in [1.54, 1.807) is 12.4 Å². The van der Waals surface area contributed by atoms with Crippen molar-refractivity contribution >= 4 is 15.9 Å². The van der Waals surface area contributed by atoms with Gasteiger partial charge in [-0.05, 0) is 66.3 Å². The van der Waals surface area contributed by atoms with Crippen LogP contribution in [0.5, 0.6) is 0 Å². The Kier molecular flexibility index (Phi) is 6.29. The first-order chi connectivity index (χ1) is 12.7. The van der Waals surface area contributed by atoms with Crippen molar-refractivity contribution in [3.63, 3.8) is 0 Å². The quantitative estimate of drug-likeness (QED) is 0.446. The van der Waals surface area contributed by atoms with Gasteiger partial charge in [-0.15, -0.1) is 0 Å². The molecule has 0 bridgehead atoms. The molecule has 0 saturated heterocycles. The van der Waals surface area contributed by atoms with Gasteiger partial charge in [-0.3, -0.25) is 4.98 Å². The highest BCUT2D eigenvalue weighted by Gasteiger charge is 2.22. The Balaban J connectivity index is 1.91. The van der Waals surface area contributed by atoms with Crippen LogP contribution in [-0.2, 0) is 6.42 Å². The van der Waals surface area contributed by atoms with E-state index in [1.165, 1.54) is 16.7 Å². The normalized spacial score (nSPS) is 13.2. The summed E-state index contributed by atoms with van der Waals surface area (Å²) >= 11 is 3.50. The van der Waals surface area contributed by atoms with Crippen LogP contribution in [0.15, 0.2) is 82.7 Å². The number of hydrogen-bond acceptors (Lipinski definition) is 3. The first kappa shape index (κ1) is 18.5. The number of aryl methyl sites for hydroxylation is 1. The molecule has 4 heteroatoms. The van der Waals surface area contributed by atoms with Crippen molar-refractivity contribution in [2.75, 3.05) is 0 Å². The lowest BCUT2D eigenvalue weighted by molar-refractivity contribution is 0.564. The summed E-state index contributed by atoms with van der Waals surface area (Å²) in [6.45, 7) is 2.12. The Morgan fingerprint density at radius 1 is 1.00 bits per heavy atom. The molecule has 0 saturated carbocycles. The maximum atomic E-state index is 11.6. The van der Waals surface area contributed by atoms with Gasteiger partial charge >= 0.3 is 0 Å². The largest absolute Gasteiger partial charge is 0.265 e. The number of aromatic nitrogens is 1. The Morgan fingerprint density at radius 2 is 1.69 bits per heavy atom. The molecule has 0 radical (unpaired) electrons. The molecule has 0 aliphatic carbocycles. The Morgan fingerprint density at radius 3 is 2.35 bits per heavy atom. The van der Waals surface area contributed by atoms with E-state index >= 15 is 0 Å². The number of benzene rings is 2. The van der Waals surface area contributed by atoms with Gasteiger partial charge in [0.25, 0.3) is 0 Å². The third-order valence-corrected chi connectivity index (χ3v) is 5.24. The lowest BCUT2D eigenvalue weighted by Gasteiger charge is -2.22. The Bertz CT molecular complexity index is 850. The van der Waals surface area contributed by atoms with Gasteiger partial charge in [0.05, 0.1) is 6.04 Å². The number of rotatable bonds is 7.